The predicted octanol–water partition coefficient (Wildman–Crippen LogP) is 5.18. The molecule has 1 unspecified atom stereocenters. The molecule has 0 aromatic heterocycles. The van der Waals surface area contributed by atoms with Crippen LogP contribution in [0.4, 0.5) is 5.69 Å². The standard InChI is InChI=1S/C23H28ClNO5/c1-13(2)12-29-21-18(24)10-17(11-19(21)28-6)23(27)30-16(5)22(26)25-20-14(3)8-7-9-15(20)4/h7-11,13,16H,12H2,1-6H3,(H,25,26). The summed E-state index contributed by atoms with van der Waals surface area (Å²) >= 11 is 6.29. The lowest BCUT2D eigenvalue weighted by Crippen LogP contribution is -2.30. The van der Waals surface area contributed by atoms with Crippen molar-refractivity contribution in [3.05, 3.63) is 52.0 Å². The highest BCUT2D eigenvalue weighted by atomic mass is 35.5. The minimum absolute atomic E-state index is 0.167. The fraction of sp³-hybridized carbons (Fsp3) is 0.391. The number of nitrogens with one attached hydrogen (secondary N) is 1. The third-order valence-electron chi connectivity index (χ3n) is 4.41. The molecule has 0 spiro atoms. The number of rotatable bonds is 8. The van der Waals surface area contributed by atoms with Gasteiger partial charge in [0.05, 0.1) is 24.3 Å². The van der Waals surface area contributed by atoms with E-state index in [1.807, 2.05) is 45.9 Å². The largest absolute Gasteiger partial charge is 0.493 e. The lowest BCUT2D eigenvalue weighted by atomic mass is 10.1. The van der Waals surface area contributed by atoms with Crippen LogP contribution < -0.4 is 14.8 Å². The Morgan fingerprint density at radius 3 is 2.30 bits per heavy atom. The van der Waals surface area contributed by atoms with Crippen LogP contribution in [-0.4, -0.2) is 31.7 Å². The van der Waals surface area contributed by atoms with Crippen LogP contribution in [-0.2, 0) is 9.53 Å². The van der Waals surface area contributed by atoms with Gasteiger partial charge in [-0.1, -0.05) is 43.6 Å². The predicted molar refractivity (Wildman–Crippen MR) is 118 cm³/mol. The first-order chi connectivity index (χ1) is 14.1. The van der Waals surface area contributed by atoms with Crippen molar-refractivity contribution < 1.29 is 23.8 Å². The van der Waals surface area contributed by atoms with E-state index in [0.717, 1.165) is 11.1 Å². The van der Waals surface area contributed by atoms with Crippen molar-refractivity contribution in [2.45, 2.75) is 40.7 Å². The zero-order valence-electron chi connectivity index (χ0n) is 18.2. The summed E-state index contributed by atoms with van der Waals surface area (Å²) in [6.45, 7) is 9.79. The molecule has 30 heavy (non-hydrogen) atoms. The van der Waals surface area contributed by atoms with Gasteiger partial charge in [-0.25, -0.2) is 4.79 Å². The van der Waals surface area contributed by atoms with E-state index in [-0.39, 0.29) is 10.6 Å². The summed E-state index contributed by atoms with van der Waals surface area (Å²) in [6, 6.07) is 8.64. The van der Waals surface area contributed by atoms with Gasteiger partial charge in [0.15, 0.2) is 17.6 Å². The number of amides is 1. The molecule has 162 valence electrons. The molecule has 2 aromatic carbocycles. The Bertz CT molecular complexity index is 906. The molecule has 1 N–H and O–H groups in total. The van der Waals surface area contributed by atoms with Crippen molar-refractivity contribution in [2.24, 2.45) is 5.92 Å². The third kappa shape index (κ3) is 5.89. The number of halogens is 1. The molecule has 6 nitrogen and oxygen atoms in total. The number of anilines is 1. The maximum Gasteiger partial charge on any atom is 0.339 e. The zero-order chi connectivity index (χ0) is 22.4. The van der Waals surface area contributed by atoms with Crippen molar-refractivity contribution in [1.29, 1.82) is 0 Å². The fourth-order valence-electron chi connectivity index (χ4n) is 2.75. The number of benzene rings is 2. The monoisotopic (exact) mass is 433 g/mol. The zero-order valence-corrected chi connectivity index (χ0v) is 18.9. The lowest BCUT2D eigenvalue weighted by molar-refractivity contribution is -0.123. The van der Waals surface area contributed by atoms with Gasteiger partial charge in [0.1, 0.15) is 0 Å². The van der Waals surface area contributed by atoms with Gasteiger partial charge in [-0.05, 0) is 49.9 Å². The van der Waals surface area contributed by atoms with Crippen molar-refractivity contribution >= 4 is 29.2 Å². The summed E-state index contributed by atoms with van der Waals surface area (Å²) in [5.74, 6) is -0.120. The minimum Gasteiger partial charge on any atom is -0.493 e. The summed E-state index contributed by atoms with van der Waals surface area (Å²) in [4.78, 5) is 25.1. The molecule has 0 bridgehead atoms. The normalized spacial score (nSPS) is 11.7. The van der Waals surface area contributed by atoms with Gasteiger partial charge < -0.3 is 19.5 Å². The van der Waals surface area contributed by atoms with Crippen LogP contribution >= 0.6 is 11.6 Å². The Labute approximate surface area is 182 Å². The van der Waals surface area contributed by atoms with Crippen molar-refractivity contribution in [1.82, 2.24) is 0 Å². The molecule has 2 rings (SSSR count). The van der Waals surface area contributed by atoms with Gasteiger partial charge in [0, 0.05) is 5.69 Å². The second kappa shape index (κ2) is 10.3. The summed E-state index contributed by atoms with van der Waals surface area (Å²) in [5.41, 5.74) is 2.73. The molecule has 0 aliphatic rings. The van der Waals surface area contributed by atoms with Gasteiger partial charge in [0.25, 0.3) is 5.91 Å². The van der Waals surface area contributed by atoms with Crippen LogP contribution in [0.15, 0.2) is 30.3 Å². The van der Waals surface area contributed by atoms with Crippen LogP contribution in [0.2, 0.25) is 5.02 Å². The number of carbonyl (C=O) groups is 2. The van der Waals surface area contributed by atoms with E-state index in [0.29, 0.717) is 29.7 Å². The summed E-state index contributed by atoms with van der Waals surface area (Å²) in [5, 5.41) is 3.05. The smallest absolute Gasteiger partial charge is 0.339 e. The van der Waals surface area contributed by atoms with Crippen LogP contribution in [0, 0.1) is 19.8 Å². The van der Waals surface area contributed by atoms with E-state index in [2.05, 4.69) is 5.32 Å². The topological polar surface area (TPSA) is 73.9 Å². The molecule has 0 aliphatic carbocycles. The molecule has 0 saturated carbocycles. The van der Waals surface area contributed by atoms with Crippen LogP contribution in [0.5, 0.6) is 11.5 Å². The number of aryl methyl sites for hydroxylation is 2. The first-order valence-corrected chi connectivity index (χ1v) is 10.1. The molecule has 0 saturated heterocycles. The van der Waals surface area contributed by atoms with Crippen LogP contribution in [0.25, 0.3) is 0 Å². The summed E-state index contributed by atoms with van der Waals surface area (Å²) in [7, 11) is 1.46. The number of methoxy groups -OCH3 is 1. The first kappa shape index (κ1) is 23.5. The fourth-order valence-corrected chi connectivity index (χ4v) is 3.01. The highest BCUT2D eigenvalue weighted by molar-refractivity contribution is 6.32. The van der Waals surface area contributed by atoms with E-state index < -0.39 is 18.0 Å². The second-order valence-electron chi connectivity index (χ2n) is 7.50. The van der Waals surface area contributed by atoms with E-state index in [1.165, 1.54) is 26.2 Å². The number of para-hydroxylation sites is 1. The second-order valence-corrected chi connectivity index (χ2v) is 7.91. The molecule has 0 heterocycles. The number of esters is 1. The average Bonchev–Trinajstić information content (AvgIpc) is 2.68. The maximum absolute atomic E-state index is 12.6. The van der Waals surface area contributed by atoms with Crippen molar-refractivity contribution in [3.8, 4) is 11.5 Å². The molecule has 0 fully saturated rings. The van der Waals surface area contributed by atoms with E-state index in [4.69, 9.17) is 25.8 Å². The van der Waals surface area contributed by atoms with Gasteiger partial charge >= 0.3 is 5.97 Å². The summed E-state index contributed by atoms with van der Waals surface area (Å²) < 4.78 is 16.3. The minimum atomic E-state index is -1.00. The van der Waals surface area contributed by atoms with Crippen molar-refractivity contribution in [2.75, 3.05) is 19.0 Å². The number of hydrogen-bond acceptors (Lipinski definition) is 5. The Morgan fingerprint density at radius 2 is 1.73 bits per heavy atom. The van der Waals surface area contributed by atoms with Crippen molar-refractivity contribution in [3.63, 3.8) is 0 Å². The first-order valence-electron chi connectivity index (χ1n) is 9.72. The molecular weight excluding hydrogens is 406 g/mol. The molecule has 1 atom stereocenters. The number of ether oxygens (including phenoxy) is 3. The highest BCUT2D eigenvalue weighted by Crippen LogP contribution is 2.37. The van der Waals surface area contributed by atoms with E-state index in [1.54, 1.807) is 0 Å². The Balaban J connectivity index is 2.12. The van der Waals surface area contributed by atoms with Crippen LogP contribution in [0.1, 0.15) is 42.3 Å². The molecule has 2 aromatic rings. The number of carbonyl (C=O) groups excluding carboxylic acids is 2. The molecule has 0 radical (unpaired) electrons. The Hall–Kier alpha value is -2.73. The molecule has 7 heteroatoms. The highest BCUT2D eigenvalue weighted by Gasteiger charge is 2.22. The number of hydrogen-bond donors (Lipinski definition) is 1. The third-order valence-corrected chi connectivity index (χ3v) is 4.69. The Morgan fingerprint density at radius 1 is 1.10 bits per heavy atom. The van der Waals surface area contributed by atoms with Gasteiger partial charge in [0.2, 0.25) is 0 Å². The average molecular weight is 434 g/mol. The summed E-state index contributed by atoms with van der Waals surface area (Å²) in [6.07, 6.45) is -1.00. The Kier molecular flexibility index (Phi) is 8.12. The van der Waals surface area contributed by atoms with Crippen LogP contribution in [0.3, 0.4) is 0 Å². The van der Waals surface area contributed by atoms with Gasteiger partial charge in [-0.15, -0.1) is 0 Å². The van der Waals surface area contributed by atoms with E-state index in [9.17, 15) is 9.59 Å². The lowest BCUT2D eigenvalue weighted by Gasteiger charge is -2.17. The van der Waals surface area contributed by atoms with Gasteiger partial charge in [-0.2, -0.15) is 0 Å². The SMILES string of the molecule is COc1cc(C(=O)OC(C)C(=O)Nc2c(C)cccc2C)cc(Cl)c1OCC(C)C. The molecule has 0 aliphatic heterocycles. The van der Waals surface area contributed by atoms with E-state index >= 15 is 0 Å². The molecule has 1 amide bonds. The quantitative estimate of drug-likeness (QED) is 0.580. The molecular formula is C23H28ClNO5. The van der Waals surface area contributed by atoms with Gasteiger partial charge in [-0.3, -0.25) is 4.79 Å². The maximum atomic E-state index is 12.6.